The zero-order valence-corrected chi connectivity index (χ0v) is 10.8. The van der Waals surface area contributed by atoms with Crippen LogP contribution in [0.2, 0.25) is 0 Å². The summed E-state index contributed by atoms with van der Waals surface area (Å²) in [6, 6.07) is -0.695. The smallest absolute Gasteiger partial charge is 0.244 e. The minimum absolute atomic E-state index is 0.144. The molecule has 2 heterocycles. The van der Waals surface area contributed by atoms with Crippen LogP contribution in [0.3, 0.4) is 0 Å². The summed E-state index contributed by atoms with van der Waals surface area (Å²) in [4.78, 5) is 13.9. The van der Waals surface area contributed by atoms with Gasteiger partial charge in [0.15, 0.2) is 0 Å². The zero-order chi connectivity index (χ0) is 13.3. The summed E-state index contributed by atoms with van der Waals surface area (Å²) in [6.07, 6.45) is 3.70. The predicted molar refractivity (Wildman–Crippen MR) is 66.5 cm³/mol. The molecule has 1 aromatic rings. The standard InChI is InChI=1S/C12H20N4O2/c1-8-3-4-16(7-10(8)17)12(18)11(13)9-5-14-15(2)6-9/h5-6,8,10-11,17H,3-4,7,13H2,1-2H3. The van der Waals surface area contributed by atoms with E-state index in [1.807, 2.05) is 6.92 Å². The van der Waals surface area contributed by atoms with Gasteiger partial charge in [-0.3, -0.25) is 9.48 Å². The largest absolute Gasteiger partial charge is 0.391 e. The average Bonchev–Trinajstić information content (AvgIpc) is 2.77. The van der Waals surface area contributed by atoms with Gasteiger partial charge in [-0.2, -0.15) is 5.10 Å². The van der Waals surface area contributed by atoms with E-state index in [9.17, 15) is 9.90 Å². The highest BCUT2D eigenvalue weighted by molar-refractivity contribution is 5.83. The third-order valence-corrected chi connectivity index (χ3v) is 3.58. The summed E-state index contributed by atoms with van der Waals surface area (Å²) in [7, 11) is 1.78. The van der Waals surface area contributed by atoms with Crippen molar-refractivity contribution in [1.82, 2.24) is 14.7 Å². The maximum absolute atomic E-state index is 12.2. The predicted octanol–water partition coefficient (Wildman–Crippen LogP) is -0.351. The van der Waals surface area contributed by atoms with Crippen LogP contribution < -0.4 is 5.73 Å². The molecule has 0 spiro atoms. The molecule has 1 aliphatic heterocycles. The molecule has 1 aromatic heterocycles. The van der Waals surface area contributed by atoms with Gasteiger partial charge < -0.3 is 15.7 Å². The summed E-state index contributed by atoms with van der Waals surface area (Å²) in [5.74, 6) is 0.0950. The summed E-state index contributed by atoms with van der Waals surface area (Å²) in [5, 5.41) is 13.8. The van der Waals surface area contributed by atoms with Gasteiger partial charge in [0.25, 0.3) is 0 Å². The Morgan fingerprint density at radius 1 is 1.67 bits per heavy atom. The van der Waals surface area contributed by atoms with Crippen molar-refractivity contribution >= 4 is 5.91 Å². The molecule has 3 unspecified atom stereocenters. The van der Waals surface area contributed by atoms with Crippen LogP contribution in [0, 0.1) is 5.92 Å². The molecule has 100 valence electrons. The number of nitrogens with zero attached hydrogens (tertiary/aromatic N) is 3. The van der Waals surface area contributed by atoms with Crippen LogP contribution >= 0.6 is 0 Å². The molecule has 6 nitrogen and oxygen atoms in total. The van der Waals surface area contributed by atoms with Crippen LogP contribution in [0.15, 0.2) is 12.4 Å². The molecule has 2 rings (SSSR count). The molecule has 1 aliphatic rings. The highest BCUT2D eigenvalue weighted by Crippen LogP contribution is 2.20. The quantitative estimate of drug-likeness (QED) is 0.753. The number of rotatable bonds is 2. The van der Waals surface area contributed by atoms with E-state index in [0.717, 1.165) is 6.42 Å². The third kappa shape index (κ3) is 2.54. The van der Waals surface area contributed by atoms with Crippen LogP contribution in [0.1, 0.15) is 24.9 Å². The molecule has 1 saturated heterocycles. The Balaban J connectivity index is 2.03. The fourth-order valence-corrected chi connectivity index (χ4v) is 2.19. The number of likely N-dealkylation sites (tertiary alicyclic amines) is 1. The number of nitrogens with two attached hydrogens (primary N) is 1. The van der Waals surface area contributed by atoms with Crippen molar-refractivity contribution < 1.29 is 9.90 Å². The van der Waals surface area contributed by atoms with Gasteiger partial charge in [0.2, 0.25) is 5.91 Å². The van der Waals surface area contributed by atoms with Crippen LogP contribution in [-0.2, 0) is 11.8 Å². The lowest BCUT2D eigenvalue weighted by Crippen LogP contribution is -2.48. The number of aliphatic hydroxyl groups is 1. The van der Waals surface area contributed by atoms with Gasteiger partial charge in [-0.15, -0.1) is 0 Å². The number of β-amino-alcohol motifs (C(OH)–C–C–N with tert-alkyl or cyclic N) is 1. The molecule has 0 aromatic carbocycles. The molecular weight excluding hydrogens is 232 g/mol. The average molecular weight is 252 g/mol. The molecule has 3 atom stereocenters. The Labute approximate surface area is 106 Å². The number of hydrogen-bond donors (Lipinski definition) is 2. The number of aliphatic hydroxyl groups excluding tert-OH is 1. The Bertz CT molecular complexity index is 431. The van der Waals surface area contributed by atoms with Crippen molar-refractivity contribution in [1.29, 1.82) is 0 Å². The minimum Gasteiger partial charge on any atom is -0.391 e. The van der Waals surface area contributed by atoms with Crippen molar-refractivity contribution in [2.45, 2.75) is 25.5 Å². The summed E-state index contributed by atoms with van der Waals surface area (Å²) < 4.78 is 1.62. The van der Waals surface area contributed by atoms with Gasteiger partial charge in [0.05, 0.1) is 12.3 Å². The molecule has 1 amide bonds. The molecule has 1 fully saturated rings. The maximum Gasteiger partial charge on any atom is 0.244 e. The van der Waals surface area contributed by atoms with Crippen molar-refractivity contribution in [2.75, 3.05) is 13.1 Å². The Hall–Kier alpha value is -1.40. The van der Waals surface area contributed by atoms with Crippen LogP contribution in [0.5, 0.6) is 0 Å². The topological polar surface area (TPSA) is 84.4 Å². The van der Waals surface area contributed by atoms with E-state index in [1.54, 1.807) is 29.0 Å². The lowest BCUT2D eigenvalue weighted by Gasteiger charge is -2.35. The second-order valence-corrected chi connectivity index (χ2v) is 5.04. The van der Waals surface area contributed by atoms with Crippen molar-refractivity contribution in [3.8, 4) is 0 Å². The Kier molecular flexibility index (Phi) is 3.68. The first-order chi connectivity index (χ1) is 8.49. The molecule has 3 N–H and O–H groups in total. The maximum atomic E-state index is 12.2. The second-order valence-electron chi connectivity index (χ2n) is 5.04. The monoisotopic (exact) mass is 252 g/mol. The normalized spacial score (nSPS) is 26.1. The molecule has 0 bridgehead atoms. The van der Waals surface area contributed by atoms with Gasteiger partial charge in [-0.25, -0.2) is 0 Å². The van der Waals surface area contributed by atoms with Crippen molar-refractivity contribution in [3.63, 3.8) is 0 Å². The highest BCUT2D eigenvalue weighted by Gasteiger charge is 2.30. The lowest BCUT2D eigenvalue weighted by atomic mass is 9.95. The summed E-state index contributed by atoms with van der Waals surface area (Å²) in [6.45, 7) is 3.02. The van der Waals surface area contributed by atoms with Crippen LogP contribution in [0.25, 0.3) is 0 Å². The zero-order valence-electron chi connectivity index (χ0n) is 10.8. The number of carbonyl (C=O) groups is 1. The molecule has 18 heavy (non-hydrogen) atoms. The van der Waals surface area contributed by atoms with Crippen LogP contribution in [-0.4, -0.2) is 44.9 Å². The van der Waals surface area contributed by atoms with Crippen molar-refractivity contribution in [3.05, 3.63) is 18.0 Å². The fraction of sp³-hybridized carbons (Fsp3) is 0.667. The van der Waals surface area contributed by atoms with Gasteiger partial charge in [0.1, 0.15) is 6.04 Å². The Morgan fingerprint density at radius 3 is 2.94 bits per heavy atom. The molecule has 0 radical (unpaired) electrons. The summed E-state index contributed by atoms with van der Waals surface area (Å²) >= 11 is 0. The van der Waals surface area contributed by atoms with Gasteiger partial charge in [-0.05, 0) is 12.3 Å². The van der Waals surface area contributed by atoms with Gasteiger partial charge in [-0.1, -0.05) is 6.92 Å². The molecule has 0 aliphatic carbocycles. The van der Waals surface area contributed by atoms with Crippen LogP contribution in [0.4, 0.5) is 0 Å². The first kappa shape index (κ1) is 13.0. The number of aryl methyl sites for hydroxylation is 1. The number of hydrogen-bond acceptors (Lipinski definition) is 4. The number of aromatic nitrogens is 2. The second kappa shape index (κ2) is 5.07. The number of amides is 1. The van der Waals surface area contributed by atoms with Gasteiger partial charge >= 0.3 is 0 Å². The van der Waals surface area contributed by atoms with Gasteiger partial charge in [0, 0.05) is 31.9 Å². The molecule has 0 saturated carbocycles. The fourth-order valence-electron chi connectivity index (χ4n) is 2.19. The van der Waals surface area contributed by atoms with E-state index in [1.165, 1.54) is 0 Å². The third-order valence-electron chi connectivity index (χ3n) is 3.58. The minimum atomic E-state index is -0.695. The van der Waals surface area contributed by atoms with E-state index >= 15 is 0 Å². The molecule has 6 heteroatoms. The lowest BCUT2D eigenvalue weighted by molar-refractivity contribution is -0.137. The summed E-state index contributed by atoms with van der Waals surface area (Å²) in [5.41, 5.74) is 6.64. The van der Waals surface area contributed by atoms with E-state index in [4.69, 9.17) is 5.73 Å². The molecular formula is C12H20N4O2. The van der Waals surface area contributed by atoms with E-state index in [-0.39, 0.29) is 11.8 Å². The Morgan fingerprint density at radius 2 is 2.39 bits per heavy atom. The van der Waals surface area contributed by atoms with Crippen molar-refractivity contribution in [2.24, 2.45) is 18.7 Å². The number of carbonyl (C=O) groups excluding carboxylic acids is 1. The van der Waals surface area contributed by atoms with E-state index in [0.29, 0.717) is 18.7 Å². The van der Waals surface area contributed by atoms with E-state index < -0.39 is 12.1 Å². The highest BCUT2D eigenvalue weighted by atomic mass is 16.3. The first-order valence-corrected chi connectivity index (χ1v) is 6.20. The number of piperidine rings is 1. The first-order valence-electron chi connectivity index (χ1n) is 6.20. The SMILES string of the molecule is CC1CCN(C(=O)C(N)c2cnn(C)c2)CC1O. The van der Waals surface area contributed by atoms with E-state index in [2.05, 4.69) is 5.10 Å².